The molecule has 1 heterocycles. The minimum atomic E-state index is 0.678. The largest absolute Gasteiger partial charge is 0.399 e. The van der Waals surface area contributed by atoms with Crippen LogP contribution in [-0.4, -0.2) is 10.9 Å². The molecule has 3 nitrogen and oxygen atoms in total. The normalized spacial score (nSPS) is 10.8. The van der Waals surface area contributed by atoms with Crippen molar-refractivity contribution in [3.05, 3.63) is 65.4 Å². The number of carbonyl (C=O) groups excluding carboxylic acids is 1. The molecule has 0 aliphatic rings. The molecule has 0 radical (unpaired) electrons. The minimum Gasteiger partial charge on any atom is -0.399 e. The Kier molecular flexibility index (Phi) is 3.03. The number of anilines is 1. The molecule has 0 saturated heterocycles. The number of aldehydes is 1. The molecule has 0 fully saturated rings. The molecule has 0 aliphatic heterocycles. The molecule has 100 valence electrons. The molecule has 1 aromatic heterocycles. The number of nitrogens with two attached hydrogens (primary N) is 1. The van der Waals surface area contributed by atoms with Crippen molar-refractivity contribution in [3.8, 4) is 0 Å². The molecule has 0 saturated carbocycles. The molecule has 3 heteroatoms. The molecular weight excluding hydrogens is 248 g/mol. The third kappa shape index (κ3) is 1.97. The number of fused-ring (bicyclic) bond motifs is 1. The van der Waals surface area contributed by atoms with Crippen LogP contribution < -0.4 is 5.73 Å². The fourth-order valence-corrected chi connectivity index (χ4v) is 2.64. The predicted octanol–water partition coefficient (Wildman–Crippen LogP) is 3.39. The first-order valence-corrected chi connectivity index (χ1v) is 6.58. The van der Waals surface area contributed by atoms with Gasteiger partial charge in [0.25, 0.3) is 0 Å². The second-order valence-electron chi connectivity index (χ2n) is 4.97. The topological polar surface area (TPSA) is 48.0 Å². The van der Waals surface area contributed by atoms with Crippen LogP contribution in [0.3, 0.4) is 0 Å². The van der Waals surface area contributed by atoms with Crippen LogP contribution in [0, 0.1) is 6.92 Å². The van der Waals surface area contributed by atoms with Gasteiger partial charge in [-0.05, 0) is 30.7 Å². The summed E-state index contributed by atoms with van der Waals surface area (Å²) in [6.45, 7) is 2.73. The Morgan fingerprint density at radius 2 is 1.90 bits per heavy atom. The molecule has 2 aromatic carbocycles. The van der Waals surface area contributed by atoms with E-state index in [0.29, 0.717) is 5.69 Å². The fourth-order valence-electron chi connectivity index (χ4n) is 2.64. The van der Waals surface area contributed by atoms with Crippen LogP contribution in [0.5, 0.6) is 0 Å². The maximum Gasteiger partial charge on any atom is 0.152 e. The van der Waals surface area contributed by atoms with Gasteiger partial charge in [-0.15, -0.1) is 0 Å². The van der Waals surface area contributed by atoms with E-state index in [9.17, 15) is 4.79 Å². The monoisotopic (exact) mass is 264 g/mol. The van der Waals surface area contributed by atoms with E-state index in [1.165, 1.54) is 5.56 Å². The number of nitrogens with zero attached hydrogens (tertiary/aromatic N) is 1. The van der Waals surface area contributed by atoms with Crippen LogP contribution in [0.2, 0.25) is 0 Å². The van der Waals surface area contributed by atoms with Crippen LogP contribution in [0.4, 0.5) is 5.69 Å². The SMILES string of the molecule is Cc1c(C=O)c2cc(N)ccc2n1Cc1ccccc1. The van der Waals surface area contributed by atoms with Gasteiger partial charge in [-0.2, -0.15) is 0 Å². The zero-order valence-corrected chi connectivity index (χ0v) is 11.3. The van der Waals surface area contributed by atoms with Gasteiger partial charge in [-0.1, -0.05) is 30.3 Å². The highest BCUT2D eigenvalue weighted by atomic mass is 16.1. The molecule has 20 heavy (non-hydrogen) atoms. The third-order valence-corrected chi connectivity index (χ3v) is 3.70. The van der Waals surface area contributed by atoms with E-state index in [-0.39, 0.29) is 0 Å². The van der Waals surface area contributed by atoms with Crippen molar-refractivity contribution in [2.24, 2.45) is 0 Å². The first kappa shape index (κ1) is 12.5. The van der Waals surface area contributed by atoms with Gasteiger partial charge >= 0.3 is 0 Å². The first-order chi connectivity index (χ1) is 9.70. The second-order valence-corrected chi connectivity index (χ2v) is 4.97. The Bertz CT molecular complexity index is 773. The van der Waals surface area contributed by atoms with Crippen LogP contribution in [-0.2, 0) is 6.54 Å². The van der Waals surface area contributed by atoms with E-state index in [0.717, 1.165) is 35.0 Å². The quantitative estimate of drug-likeness (QED) is 0.582. The summed E-state index contributed by atoms with van der Waals surface area (Å²) in [6.07, 6.45) is 0.915. The molecular formula is C17H16N2O. The highest BCUT2D eigenvalue weighted by Gasteiger charge is 2.13. The lowest BCUT2D eigenvalue weighted by Crippen LogP contribution is -2.02. The maximum atomic E-state index is 11.4. The maximum absolute atomic E-state index is 11.4. The average Bonchev–Trinajstić information content (AvgIpc) is 2.71. The van der Waals surface area contributed by atoms with Crippen molar-refractivity contribution >= 4 is 22.9 Å². The van der Waals surface area contributed by atoms with Crippen molar-refractivity contribution in [1.29, 1.82) is 0 Å². The summed E-state index contributed by atoms with van der Waals surface area (Å²) in [5, 5.41) is 0.924. The molecule has 3 rings (SSSR count). The summed E-state index contributed by atoms with van der Waals surface area (Å²) < 4.78 is 2.16. The van der Waals surface area contributed by atoms with E-state index >= 15 is 0 Å². The van der Waals surface area contributed by atoms with Crippen molar-refractivity contribution in [1.82, 2.24) is 4.57 Å². The molecule has 2 N–H and O–H groups in total. The van der Waals surface area contributed by atoms with E-state index < -0.39 is 0 Å². The summed E-state index contributed by atoms with van der Waals surface area (Å²) in [4.78, 5) is 11.4. The summed E-state index contributed by atoms with van der Waals surface area (Å²) in [5.74, 6) is 0. The first-order valence-electron chi connectivity index (χ1n) is 6.58. The number of hydrogen-bond acceptors (Lipinski definition) is 2. The fraction of sp³-hybridized carbons (Fsp3) is 0.118. The Labute approximate surface area is 117 Å². The Morgan fingerprint density at radius 3 is 2.60 bits per heavy atom. The molecule has 0 atom stereocenters. The third-order valence-electron chi connectivity index (χ3n) is 3.70. The van der Waals surface area contributed by atoms with Crippen molar-refractivity contribution < 1.29 is 4.79 Å². The number of carbonyl (C=O) groups is 1. The van der Waals surface area contributed by atoms with Crippen LogP contribution >= 0.6 is 0 Å². The van der Waals surface area contributed by atoms with E-state index in [1.807, 2.05) is 43.3 Å². The zero-order chi connectivity index (χ0) is 14.1. The van der Waals surface area contributed by atoms with Crippen LogP contribution in [0.1, 0.15) is 21.6 Å². The van der Waals surface area contributed by atoms with Gasteiger partial charge in [-0.25, -0.2) is 0 Å². The zero-order valence-electron chi connectivity index (χ0n) is 11.3. The summed E-state index contributed by atoms with van der Waals surface area (Å²) in [5.41, 5.74) is 10.5. The van der Waals surface area contributed by atoms with Gasteiger partial charge in [-0.3, -0.25) is 4.79 Å². The van der Waals surface area contributed by atoms with Crippen LogP contribution in [0.15, 0.2) is 48.5 Å². The second kappa shape index (κ2) is 4.85. The van der Waals surface area contributed by atoms with Gasteiger partial charge in [0, 0.05) is 34.4 Å². The molecule has 0 unspecified atom stereocenters. The Hall–Kier alpha value is -2.55. The predicted molar refractivity (Wildman–Crippen MR) is 82.0 cm³/mol. The van der Waals surface area contributed by atoms with Crippen molar-refractivity contribution in [2.75, 3.05) is 5.73 Å². The lowest BCUT2D eigenvalue weighted by Gasteiger charge is -2.08. The summed E-state index contributed by atoms with van der Waals surface area (Å²) >= 11 is 0. The minimum absolute atomic E-state index is 0.678. The van der Waals surface area contributed by atoms with Crippen LogP contribution in [0.25, 0.3) is 10.9 Å². The number of aromatic nitrogens is 1. The molecule has 0 amide bonds. The van der Waals surface area contributed by atoms with Gasteiger partial charge < -0.3 is 10.3 Å². The lowest BCUT2D eigenvalue weighted by atomic mass is 10.1. The van der Waals surface area contributed by atoms with Gasteiger partial charge in [0.2, 0.25) is 0 Å². The van der Waals surface area contributed by atoms with Gasteiger partial charge in [0.05, 0.1) is 0 Å². The van der Waals surface area contributed by atoms with Gasteiger partial charge in [0.1, 0.15) is 0 Å². The molecule has 0 aliphatic carbocycles. The van der Waals surface area contributed by atoms with Gasteiger partial charge in [0.15, 0.2) is 6.29 Å². The average molecular weight is 264 g/mol. The van der Waals surface area contributed by atoms with Crippen molar-refractivity contribution in [2.45, 2.75) is 13.5 Å². The molecule has 0 bridgehead atoms. The van der Waals surface area contributed by atoms with E-state index in [1.54, 1.807) is 0 Å². The smallest absolute Gasteiger partial charge is 0.152 e. The lowest BCUT2D eigenvalue weighted by molar-refractivity contribution is 0.112. The Balaban J connectivity index is 2.20. The number of nitrogen functional groups attached to an aromatic ring is 1. The number of benzene rings is 2. The standard InChI is InChI=1S/C17H16N2O/c1-12-16(11-20)15-9-14(18)7-8-17(15)19(12)10-13-5-3-2-4-6-13/h2-9,11H,10,18H2,1H3. The van der Waals surface area contributed by atoms with Crippen molar-refractivity contribution in [3.63, 3.8) is 0 Å². The van der Waals surface area contributed by atoms with E-state index in [2.05, 4.69) is 16.7 Å². The number of hydrogen-bond donors (Lipinski definition) is 1. The highest BCUT2D eigenvalue weighted by Crippen LogP contribution is 2.27. The highest BCUT2D eigenvalue weighted by molar-refractivity contribution is 6.00. The summed E-state index contributed by atoms with van der Waals surface area (Å²) in [7, 11) is 0. The molecule has 0 spiro atoms. The summed E-state index contributed by atoms with van der Waals surface area (Å²) in [6, 6.07) is 15.9. The number of rotatable bonds is 3. The Morgan fingerprint density at radius 1 is 1.15 bits per heavy atom. The van der Waals surface area contributed by atoms with E-state index in [4.69, 9.17) is 5.73 Å². The molecule has 3 aromatic rings.